The van der Waals surface area contributed by atoms with Gasteiger partial charge in [0.1, 0.15) is 5.82 Å². The zero-order valence-electron chi connectivity index (χ0n) is 12.9. The summed E-state index contributed by atoms with van der Waals surface area (Å²) in [6.07, 6.45) is 0. The third-order valence-corrected chi connectivity index (χ3v) is 3.95. The normalized spacial score (nSPS) is 12.2. The van der Waals surface area contributed by atoms with Gasteiger partial charge in [-0.1, -0.05) is 30.3 Å². The Morgan fingerprint density at radius 3 is 2.38 bits per heavy atom. The number of hydrogen-bond donors (Lipinski definition) is 1. The van der Waals surface area contributed by atoms with Gasteiger partial charge in [0.15, 0.2) is 0 Å². The van der Waals surface area contributed by atoms with Gasteiger partial charge in [-0.25, -0.2) is 4.39 Å². The van der Waals surface area contributed by atoms with Crippen LogP contribution in [0.4, 0.5) is 10.1 Å². The summed E-state index contributed by atoms with van der Waals surface area (Å²) in [5.74, 6) is -0.174. The van der Waals surface area contributed by atoms with Crippen molar-refractivity contribution in [1.82, 2.24) is 0 Å². The van der Waals surface area contributed by atoms with Gasteiger partial charge >= 0.3 is 0 Å². The van der Waals surface area contributed by atoms with Gasteiger partial charge in [-0.05, 0) is 49.6 Å². The first kappa shape index (κ1) is 15.5. The van der Waals surface area contributed by atoms with Gasteiger partial charge in [-0.3, -0.25) is 0 Å². The Bertz CT molecular complexity index is 610. The lowest BCUT2D eigenvalue weighted by molar-refractivity contribution is 0.600. The van der Waals surface area contributed by atoms with Crippen molar-refractivity contribution in [3.8, 4) is 0 Å². The second-order valence-corrected chi connectivity index (χ2v) is 5.33. The topological polar surface area (TPSA) is 29.3 Å². The molecule has 0 heterocycles. The highest BCUT2D eigenvalue weighted by Gasteiger charge is 2.20. The summed E-state index contributed by atoms with van der Waals surface area (Å²) >= 11 is 0. The quantitative estimate of drug-likeness (QED) is 0.901. The molecule has 2 aromatic carbocycles. The van der Waals surface area contributed by atoms with E-state index in [-0.39, 0.29) is 11.9 Å². The molecule has 1 atom stereocenters. The molecule has 0 amide bonds. The average molecular weight is 286 g/mol. The molecule has 2 N–H and O–H groups in total. The Kier molecular flexibility index (Phi) is 4.97. The summed E-state index contributed by atoms with van der Waals surface area (Å²) in [4.78, 5) is 2.24. The minimum atomic E-state index is -0.174. The van der Waals surface area contributed by atoms with Crippen LogP contribution < -0.4 is 10.6 Å². The summed E-state index contributed by atoms with van der Waals surface area (Å²) in [5, 5.41) is 0. The number of para-hydroxylation sites is 1. The van der Waals surface area contributed by atoms with E-state index >= 15 is 0 Å². The molecular formula is C18H23FN2. The van der Waals surface area contributed by atoms with Crippen molar-refractivity contribution >= 4 is 5.69 Å². The van der Waals surface area contributed by atoms with Crippen molar-refractivity contribution in [3.63, 3.8) is 0 Å². The lowest BCUT2D eigenvalue weighted by atomic mass is 10.0. The Labute approximate surface area is 126 Å². The van der Waals surface area contributed by atoms with E-state index in [2.05, 4.69) is 30.9 Å². The predicted octanol–water partition coefficient (Wildman–Crippen LogP) is 3.97. The van der Waals surface area contributed by atoms with E-state index < -0.39 is 0 Å². The number of benzene rings is 2. The molecule has 21 heavy (non-hydrogen) atoms. The minimum Gasteiger partial charge on any atom is -0.363 e. The number of rotatable bonds is 5. The summed E-state index contributed by atoms with van der Waals surface area (Å²) in [6.45, 7) is 7.23. The summed E-state index contributed by atoms with van der Waals surface area (Å²) in [7, 11) is 0. The largest absolute Gasteiger partial charge is 0.363 e. The summed E-state index contributed by atoms with van der Waals surface area (Å²) < 4.78 is 13.9. The first-order valence-corrected chi connectivity index (χ1v) is 7.36. The van der Waals surface area contributed by atoms with Crippen LogP contribution in [-0.2, 0) is 0 Å². The lowest BCUT2D eigenvalue weighted by Gasteiger charge is -2.33. The molecule has 2 aromatic rings. The summed E-state index contributed by atoms with van der Waals surface area (Å²) in [6, 6.07) is 13.6. The molecular weight excluding hydrogens is 263 g/mol. The predicted molar refractivity (Wildman–Crippen MR) is 87.1 cm³/mol. The summed E-state index contributed by atoms with van der Waals surface area (Å²) in [5.41, 5.74) is 9.92. The smallest absolute Gasteiger partial charge is 0.126 e. The average Bonchev–Trinajstić information content (AvgIpc) is 2.49. The molecule has 0 saturated heterocycles. The third-order valence-electron chi connectivity index (χ3n) is 3.95. The number of likely N-dealkylation sites (N-methyl/N-ethyl adjacent to an activating group) is 1. The van der Waals surface area contributed by atoms with Crippen molar-refractivity contribution in [2.45, 2.75) is 26.8 Å². The van der Waals surface area contributed by atoms with E-state index in [4.69, 9.17) is 5.73 Å². The first-order valence-electron chi connectivity index (χ1n) is 7.36. The lowest BCUT2D eigenvalue weighted by Crippen LogP contribution is -2.34. The van der Waals surface area contributed by atoms with E-state index in [0.717, 1.165) is 17.8 Å². The van der Waals surface area contributed by atoms with Crippen molar-refractivity contribution in [3.05, 3.63) is 65.0 Å². The zero-order chi connectivity index (χ0) is 15.4. The van der Waals surface area contributed by atoms with E-state index in [1.165, 1.54) is 5.56 Å². The Morgan fingerprint density at radius 1 is 1.10 bits per heavy atom. The van der Waals surface area contributed by atoms with E-state index in [1.807, 2.05) is 24.3 Å². The third kappa shape index (κ3) is 3.24. The van der Waals surface area contributed by atoms with Gasteiger partial charge in [0.2, 0.25) is 0 Å². The molecule has 0 aliphatic carbocycles. The molecule has 0 aromatic heterocycles. The minimum absolute atomic E-state index is 0.0220. The zero-order valence-corrected chi connectivity index (χ0v) is 12.9. The van der Waals surface area contributed by atoms with Gasteiger partial charge in [0, 0.05) is 18.8 Å². The maximum Gasteiger partial charge on any atom is 0.126 e. The van der Waals surface area contributed by atoms with Crippen LogP contribution in [-0.4, -0.2) is 13.1 Å². The SMILES string of the molecule is CCN(c1ccccc1C)C(CN)c1ccc(C)c(F)c1. The van der Waals surface area contributed by atoms with Crippen LogP contribution in [0.1, 0.15) is 29.7 Å². The molecule has 0 saturated carbocycles. The fourth-order valence-electron chi connectivity index (χ4n) is 2.70. The second-order valence-electron chi connectivity index (χ2n) is 5.33. The van der Waals surface area contributed by atoms with Crippen molar-refractivity contribution in [1.29, 1.82) is 0 Å². The molecule has 2 rings (SSSR count). The second kappa shape index (κ2) is 6.72. The fraction of sp³-hybridized carbons (Fsp3) is 0.333. The van der Waals surface area contributed by atoms with Crippen LogP contribution >= 0.6 is 0 Å². The standard InChI is InChI=1S/C18H23FN2/c1-4-21(17-8-6-5-7-14(17)3)18(12-20)15-10-9-13(2)16(19)11-15/h5-11,18H,4,12,20H2,1-3H3. The molecule has 0 spiro atoms. The monoisotopic (exact) mass is 286 g/mol. The number of nitrogens with zero attached hydrogens (tertiary/aromatic N) is 1. The number of anilines is 1. The van der Waals surface area contributed by atoms with Crippen LogP contribution in [0, 0.1) is 19.7 Å². The highest BCUT2D eigenvalue weighted by atomic mass is 19.1. The van der Waals surface area contributed by atoms with Crippen LogP contribution in [0.25, 0.3) is 0 Å². The Hall–Kier alpha value is -1.87. The Morgan fingerprint density at radius 2 is 1.81 bits per heavy atom. The van der Waals surface area contributed by atoms with Crippen molar-refractivity contribution < 1.29 is 4.39 Å². The van der Waals surface area contributed by atoms with Crippen molar-refractivity contribution in [2.75, 3.05) is 18.0 Å². The molecule has 3 heteroatoms. The molecule has 0 radical (unpaired) electrons. The van der Waals surface area contributed by atoms with E-state index in [9.17, 15) is 4.39 Å². The first-order chi connectivity index (χ1) is 10.1. The molecule has 0 bridgehead atoms. The number of nitrogens with two attached hydrogens (primary N) is 1. The van der Waals surface area contributed by atoms with Gasteiger partial charge in [0.05, 0.1) is 6.04 Å². The molecule has 0 fully saturated rings. The van der Waals surface area contributed by atoms with E-state index in [0.29, 0.717) is 12.1 Å². The van der Waals surface area contributed by atoms with Gasteiger partial charge < -0.3 is 10.6 Å². The van der Waals surface area contributed by atoms with Crippen LogP contribution in [0.2, 0.25) is 0 Å². The number of halogens is 1. The number of hydrogen-bond acceptors (Lipinski definition) is 2. The Balaban J connectivity index is 2.42. The van der Waals surface area contributed by atoms with Gasteiger partial charge in [-0.15, -0.1) is 0 Å². The number of aryl methyl sites for hydroxylation is 2. The highest BCUT2D eigenvalue weighted by molar-refractivity contribution is 5.55. The molecule has 2 nitrogen and oxygen atoms in total. The maximum absolute atomic E-state index is 13.9. The van der Waals surface area contributed by atoms with Crippen molar-refractivity contribution in [2.24, 2.45) is 5.73 Å². The maximum atomic E-state index is 13.9. The fourth-order valence-corrected chi connectivity index (χ4v) is 2.70. The molecule has 0 aliphatic heterocycles. The van der Waals surface area contributed by atoms with Gasteiger partial charge in [0.25, 0.3) is 0 Å². The van der Waals surface area contributed by atoms with E-state index in [1.54, 1.807) is 13.0 Å². The molecule has 112 valence electrons. The molecule has 0 aliphatic rings. The van der Waals surface area contributed by atoms with Gasteiger partial charge in [-0.2, -0.15) is 0 Å². The highest BCUT2D eigenvalue weighted by Crippen LogP contribution is 2.29. The van der Waals surface area contributed by atoms with Crippen LogP contribution in [0.15, 0.2) is 42.5 Å². The van der Waals surface area contributed by atoms with Crippen LogP contribution in [0.5, 0.6) is 0 Å². The molecule has 1 unspecified atom stereocenters. The van der Waals surface area contributed by atoms with Crippen LogP contribution in [0.3, 0.4) is 0 Å².